The molecule has 0 radical (unpaired) electrons. The van der Waals surface area contributed by atoms with Gasteiger partial charge in [-0.25, -0.2) is 19.6 Å². The van der Waals surface area contributed by atoms with E-state index in [1.54, 1.807) is 24.2 Å². The van der Waals surface area contributed by atoms with Crippen molar-refractivity contribution in [3.8, 4) is 28.9 Å². The third kappa shape index (κ3) is 3.14. The van der Waals surface area contributed by atoms with Gasteiger partial charge >= 0.3 is 0 Å². The predicted octanol–water partition coefficient (Wildman–Crippen LogP) is 2.15. The topological polar surface area (TPSA) is 105 Å². The maximum absolute atomic E-state index is 5.32. The summed E-state index contributed by atoms with van der Waals surface area (Å²) in [5, 5.41) is 8.45. The van der Waals surface area contributed by atoms with E-state index in [-0.39, 0.29) is 5.89 Å². The third-order valence-corrected chi connectivity index (χ3v) is 3.77. The smallest absolute Gasteiger partial charge is 0.297 e. The van der Waals surface area contributed by atoms with E-state index in [1.165, 1.54) is 6.33 Å². The molecule has 0 saturated carbocycles. The van der Waals surface area contributed by atoms with Gasteiger partial charge in [0.25, 0.3) is 5.89 Å². The minimum atomic E-state index is 0.266. The Morgan fingerprint density at radius 1 is 1.04 bits per heavy atom. The lowest BCUT2D eigenvalue weighted by molar-refractivity contribution is 0.414. The number of aryl methyl sites for hydroxylation is 1. The molecule has 0 bridgehead atoms. The van der Waals surface area contributed by atoms with E-state index in [4.69, 9.17) is 9.26 Å². The molecule has 0 amide bonds. The molecule has 0 saturated heterocycles. The summed E-state index contributed by atoms with van der Waals surface area (Å²) in [6.45, 7) is 2.38. The molecule has 3 aromatic heterocycles. The maximum atomic E-state index is 5.32. The van der Waals surface area contributed by atoms with E-state index in [2.05, 4.69) is 30.2 Å². The molecule has 9 heteroatoms. The number of rotatable bonds is 5. The van der Waals surface area contributed by atoms with Crippen LogP contribution in [0.4, 0.5) is 0 Å². The molecule has 0 N–H and O–H groups in total. The van der Waals surface area contributed by atoms with Gasteiger partial charge in [-0.05, 0) is 31.2 Å². The fraction of sp³-hybridized carbons (Fsp3) is 0.176. The molecule has 0 atom stereocenters. The number of ether oxygens (including phenoxy) is 1. The van der Waals surface area contributed by atoms with Crippen molar-refractivity contribution in [3.05, 3.63) is 54.4 Å². The van der Waals surface area contributed by atoms with Gasteiger partial charge in [0.15, 0.2) is 0 Å². The SMILES string of the molecule is COc1ccc(-c2noc(-c3nc(C)n(Cc4cncnc4)n3)n2)cc1. The summed E-state index contributed by atoms with van der Waals surface area (Å²) in [5.41, 5.74) is 1.75. The average molecular weight is 349 g/mol. The summed E-state index contributed by atoms with van der Waals surface area (Å²) in [7, 11) is 1.62. The molecule has 9 nitrogen and oxygen atoms in total. The summed E-state index contributed by atoms with van der Waals surface area (Å²) < 4.78 is 12.2. The van der Waals surface area contributed by atoms with Crippen molar-refractivity contribution in [1.82, 2.24) is 34.9 Å². The van der Waals surface area contributed by atoms with Crippen molar-refractivity contribution >= 4 is 0 Å². The molecule has 0 aliphatic heterocycles. The number of nitrogens with zero attached hydrogens (tertiary/aromatic N) is 7. The molecule has 0 aliphatic carbocycles. The summed E-state index contributed by atoms with van der Waals surface area (Å²) in [5.74, 6) is 2.60. The summed E-state index contributed by atoms with van der Waals surface area (Å²) in [6, 6.07) is 7.40. The first-order chi connectivity index (χ1) is 12.7. The minimum Gasteiger partial charge on any atom is -0.497 e. The number of hydrogen-bond acceptors (Lipinski definition) is 8. The molecule has 4 rings (SSSR count). The molecule has 130 valence electrons. The van der Waals surface area contributed by atoms with Crippen LogP contribution in [0.15, 0.2) is 47.5 Å². The van der Waals surface area contributed by atoms with Crippen LogP contribution >= 0.6 is 0 Å². The molecular weight excluding hydrogens is 334 g/mol. The van der Waals surface area contributed by atoms with Gasteiger partial charge in [0.2, 0.25) is 11.6 Å². The van der Waals surface area contributed by atoms with E-state index in [0.717, 1.165) is 22.7 Å². The van der Waals surface area contributed by atoms with E-state index >= 15 is 0 Å². The largest absolute Gasteiger partial charge is 0.497 e. The zero-order chi connectivity index (χ0) is 17.9. The van der Waals surface area contributed by atoms with Crippen molar-refractivity contribution in [2.75, 3.05) is 7.11 Å². The van der Waals surface area contributed by atoms with Crippen LogP contribution in [0.3, 0.4) is 0 Å². The molecule has 0 aliphatic rings. The van der Waals surface area contributed by atoms with Crippen molar-refractivity contribution < 1.29 is 9.26 Å². The average Bonchev–Trinajstić information content (AvgIpc) is 3.30. The molecule has 26 heavy (non-hydrogen) atoms. The van der Waals surface area contributed by atoms with Gasteiger partial charge in [-0.15, -0.1) is 5.10 Å². The molecule has 0 fully saturated rings. The van der Waals surface area contributed by atoms with Crippen LogP contribution in [0, 0.1) is 6.92 Å². The zero-order valence-corrected chi connectivity index (χ0v) is 14.2. The van der Waals surface area contributed by atoms with Gasteiger partial charge in [0, 0.05) is 23.5 Å². The second kappa shape index (κ2) is 6.71. The lowest BCUT2D eigenvalue weighted by Gasteiger charge is -2.01. The lowest BCUT2D eigenvalue weighted by atomic mass is 10.2. The van der Waals surface area contributed by atoms with Crippen LogP contribution in [0.25, 0.3) is 23.1 Å². The Morgan fingerprint density at radius 3 is 2.54 bits per heavy atom. The monoisotopic (exact) mass is 349 g/mol. The Labute approximate surface area is 148 Å². The van der Waals surface area contributed by atoms with Crippen LogP contribution in [0.2, 0.25) is 0 Å². The summed E-state index contributed by atoms with van der Waals surface area (Å²) >= 11 is 0. The first-order valence-corrected chi connectivity index (χ1v) is 7.87. The highest BCUT2D eigenvalue weighted by Gasteiger charge is 2.17. The number of hydrogen-bond donors (Lipinski definition) is 0. The van der Waals surface area contributed by atoms with E-state index < -0.39 is 0 Å². The van der Waals surface area contributed by atoms with Crippen LogP contribution in [-0.4, -0.2) is 42.0 Å². The maximum Gasteiger partial charge on any atom is 0.297 e. The van der Waals surface area contributed by atoms with Crippen LogP contribution in [0.5, 0.6) is 5.75 Å². The predicted molar refractivity (Wildman–Crippen MR) is 91.2 cm³/mol. The summed E-state index contributed by atoms with van der Waals surface area (Å²) in [6.07, 6.45) is 4.97. The van der Waals surface area contributed by atoms with Gasteiger partial charge in [-0.3, -0.25) is 0 Å². The van der Waals surface area contributed by atoms with Crippen LogP contribution in [0.1, 0.15) is 11.4 Å². The van der Waals surface area contributed by atoms with E-state index in [9.17, 15) is 0 Å². The Morgan fingerprint density at radius 2 is 1.81 bits per heavy atom. The third-order valence-electron chi connectivity index (χ3n) is 3.77. The minimum absolute atomic E-state index is 0.266. The van der Waals surface area contributed by atoms with Crippen LogP contribution in [-0.2, 0) is 6.54 Å². The second-order valence-corrected chi connectivity index (χ2v) is 5.54. The highest BCUT2D eigenvalue weighted by molar-refractivity contribution is 5.57. The van der Waals surface area contributed by atoms with Gasteiger partial charge in [0.05, 0.1) is 13.7 Å². The van der Waals surface area contributed by atoms with Crippen molar-refractivity contribution in [2.24, 2.45) is 0 Å². The lowest BCUT2D eigenvalue weighted by Crippen LogP contribution is -2.04. The Hall–Kier alpha value is -3.62. The quantitative estimate of drug-likeness (QED) is 0.540. The first kappa shape index (κ1) is 15.9. The molecule has 0 unspecified atom stereocenters. The van der Waals surface area contributed by atoms with E-state index in [0.29, 0.717) is 18.2 Å². The molecular formula is C17H15N7O2. The Kier molecular flexibility index (Phi) is 4.10. The standard InChI is InChI=1S/C17H15N7O2/c1-11-20-16(22-24(11)9-12-7-18-10-19-8-12)17-21-15(23-26-17)13-3-5-14(25-2)6-4-13/h3-8,10H,9H2,1-2H3. The van der Waals surface area contributed by atoms with Crippen LogP contribution < -0.4 is 4.74 Å². The molecule has 3 heterocycles. The van der Waals surface area contributed by atoms with Crippen molar-refractivity contribution in [3.63, 3.8) is 0 Å². The van der Waals surface area contributed by atoms with Gasteiger partial charge in [-0.2, -0.15) is 4.98 Å². The molecule has 4 aromatic rings. The number of aromatic nitrogens is 7. The fourth-order valence-corrected chi connectivity index (χ4v) is 2.42. The van der Waals surface area contributed by atoms with Crippen molar-refractivity contribution in [1.29, 1.82) is 0 Å². The number of benzene rings is 1. The second-order valence-electron chi connectivity index (χ2n) is 5.54. The molecule has 1 aromatic carbocycles. The highest BCUT2D eigenvalue weighted by Crippen LogP contribution is 2.22. The van der Waals surface area contributed by atoms with Crippen molar-refractivity contribution in [2.45, 2.75) is 13.5 Å². The first-order valence-electron chi connectivity index (χ1n) is 7.87. The highest BCUT2D eigenvalue weighted by atomic mass is 16.5. The normalized spacial score (nSPS) is 10.8. The Bertz CT molecular complexity index is 1010. The number of methoxy groups -OCH3 is 1. The van der Waals surface area contributed by atoms with Gasteiger partial charge < -0.3 is 9.26 Å². The Balaban J connectivity index is 1.58. The zero-order valence-electron chi connectivity index (χ0n) is 14.2. The fourth-order valence-electron chi connectivity index (χ4n) is 2.42. The van der Waals surface area contributed by atoms with Gasteiger partial charge in [-0.1, -0.05) is 5.16 Å². The molecule has 0 spiro atoms. The van der Waals surface area contributed by atoms with E-state index in [1.807, 2.05) is 31.2 Å². The van der Waals surface area contributed by atoms with Gasteiger partial charge in [0.1, 0.15) is 17.9 Å². The summed E-state index contributed by atoms with van der Waals surface area (Å²) in [4.78, 5) is 16.8.